The Labute approximate surface area is 116 Å². The Bertz CT molecular complexity index is 292. The molecule has 1 heterocycles. The highest BCUT2D eigenvalue weighted by Gasteiger charge is 2.27. The van der Waals surface area contributed by atoms with E-state index in [1.165, 1.54) is 19.4 Å². The SMILES string of the molecule is CC(=O)C1CCC(CN2CCC(C(C)=O)CC2)CC1. The van der Waals surface area contributed by atoms with Crippen molar-refractivity contribution in [2.75, 3.05) is 19.6 Å². The first-order valence-electron chi connectivity index (χ1n) is 7.79. The highest BCUT2D eigenvalue weighted by atomic mass is 16.1. The molecule has 3 nitrogen and oxygen atoms in total. The van der Waals surface area contributed by atoms with Crippen LogP contribution < -0.4 is 0 Å². The van der Waals surface area contributed by atoms with Crippen molar-refractivity contribution in [3.63, 3.8) is 0 Å². The molecule has 0 amide bonds. The number of nitrogens with zero attached hydrogens (tertiary/aromatic N) is 1. The van der Waals surface area contributed by atoms with E-state index in [0.717, 1.165) is 44.7 Å². The van der Waals surface area contributed by atoms with Gasteiger partial charge in [0.2, 0.25) is 0 Å². The molecule has 0 aromatic rings. The van der Waals surface area contributed by atoms with Gasteiger partial charge in [-0.1, -0.05) is 0 Å². The standard InChI is InChI=1S/C16H27NO2/c1-12(18)15-5-3-14(4-6-15)11-17-9-7-16(8-10-17)13(2)19/h14-16H,3-11H2,1-2H3. The first-order valence-corrected chi connectivity index (χ1v) is 7.79. The maximum absolute atomic E-state index is 11.4. The first kappa shape index (κ1) is 14.7. The van der Waals surface area contributed by atoms with Crippen molar-refractivity contribution < 1.29 is 9.59 Å². The number of piperidine rings is 1. The monoisotopic (exact) mass is 265 g/mol. The van der Waals surface area contributed by atoms with E-state index in [0.29, 0.717) is 23.4 Å². The molecule has 0 N–H and O–H groups in total. The Balaban J connectivity index is 1.69. The lowest BCUT2D eigenvalue weighted by atomic mass is 9.80. The Hall–Kier alpha value is -0.700. The van der Waals surface area contributed by atoms with Crippen LogP contribution in [0, 0.1) is 17.8 Å². The summed E-state index contributed by atoms with van der Waals surface area (Å²) in [6.07, 6.45) is 6.66. The molecule has 0 atom stereocenters. The Morgan fingerprint density at radius 1 is 0.842 bits per heavy atom. The van der Waals surface area contributed by atoms with Crippen molar-refractivity contribution in [3.05, 3.63) is 0 Å². The van der Waals surface area contributed by atoms with Gasteiger partial charge in [0.25, 0.3) is 0 Å². The van der Waals surface area contributed by atoms with Crippen LogP contribution in [0.5, 0.6) is 0 Å². The molecular formula is C16H27NO2. The second kappa shape index (κ2) is 6.65. The van der Waals surface area contributed by atoms with Crippen LogP contribution in [0.1, 0.15) is 52.4 Å². The van der Waals surface area contributed by atoms with Crippen molar-refractivity contribution in [2.45, 2.75) is 52.4 Å². The normalized spacial score (nSPS) is 30.2. The minimum absolute atomic E-state index is 0.310. The van der Waals surface area contributed by atoms with Gasteiger partial charge in [0.1, 0.15) is 11.6 Å². The van der Waals surface area contributed by atoms with Crippen molar-refractivity contribution in [1.82, 2.24) is 4.90 Å². The predicted molar refractivity (Wildman–Crippen MR) is 76.0 cm³/mol. The Morgan fingerprint density at radius 2 is 1.32 bits per heavy atom. The topological polar surface area (TPSA) is 37.4 Å². The highest BCUT2D eigenvalue weighted by Crippen LogP contribution is 2.30. The molecule has 108 valence electrons. The molecule has 1 aliphatic carbocycles. The summed E-state index contributed by atoms with van der Waals surface area (Å²) in [6.45, 7) is 6.80. The molecule has 2 aliphatic rings. The van der Waals surface area contributed by atoms with E-state index < -0.39 is 0 Å². The van der Waals surface area contributed by atoms with Gasteiger partial charge in [-0.05, 0) is 71.4 Å². The molecule has 0 bridgehead atoms. The van der Waals surface area contributed by atoms with E-state index >= 15 is 0 Å². The predicted octanol–water partition coefficient (Wildman–Crippen LogP) is 2.68. The molecular weight excluding hydrogens is 238 g/mol. The van der Waals surface area contributed by atoms with Crippen molar-refractivity contribution in [3.8, 4) is 0 Å². The van der Waals surface area contributed by atoms with Gasteiger partial charge in [-0.3, -0.25) is 9.59 Å². The smallest absolute Gasteiger partial charge is 0.133 e. The van der Waals surface area contributed by atoms with Gasteiger partial charge in [0.15, 0.2) is 0 Å². The van der Waals surface area contributed by atoms with E-state index in [4.69, 9.17) is 0 Å². The van der Waals surface area contributed by atoms with Gasteiger partial charge in [-0.25, -0.2) is 0 Å². The molecule has 2 fully saturated rings. The van der Waals surface area contributed by atoms with E-state index in [1.807, 2.05) is 0 Å². The molecule has 19 heavy (non-hydrogen) atoms. The summed E-state index contributed by atoms with van der Waals surface area (Å²) in [5.74, 6) is 2.15. The van der Waals surface area contributed by atoms with Crippen molar-refractivity contribution >= 4 is 11.6 Å². The second-order valence-corrected chi connectivity index (χ2v) is 6.51. The lowest BCUT2D eigenvalue weighted by Crippen LogP contribution is -2.39. The van der Waals surface area contributed by atoms with Crippen LogP contribution >= 0.6 is 0 Å². The van der Waals surface area contributed by atoms with E-state index in [2.05, 4.69) is 4.90 Å². The van der Waals surface area contributed by atoms with Crippen molar-refractivity contribution in [2.24, 2.45) is 17.8 Å². The zero-order valence-electron chi connectivity index (χ0n) is 12.4. The van der Waals surface area contributed by atoms with Crippen LogP contribution in [0.25, 0.3) is 0 Å². The summed E-state index contributed by atoms with van der Waals surface area (Å²) in [5, 5.41) is 0. The number of carbonyl (C=O) groups is 2. The lowest BCUT2D eigenvalue weighted by molar-refractivity contribution is -0.122. The van der Waals surface area contributed by atoms with Gasteiger partial charge in [-0.2, -0.15) is 0 Å². The molecule has 0 spiro atoms. The van der Waals surface area contributed by atoms with Crippen LogP contribution in [0.3, 0.4) is 0 Å². The second-order valence-electron chi connectivity index (χ2n) is 6.51. The fraction of sp³-hybridized carbons (Fsp3) is 0.875. The molecule has 1 saturated heterocycles. The van der Waals surface area contributed by atoms with Gasteiger partial charge < -0.3 is 4.90 Å². The maximum Gasteiger partial charge on any atom is 0.133 e. The summed E-state index contributed by atoms with van der Waals surface area (Å²) in [7, 11) is 0. The van der Waals surface area contributed by atoms with Crippen molar-refractivity contribution in [1.29, 1.82) is 0 Å². The number of likely N-dealkylation sites (tertiary alicyclic amines) is 1. The quantitative estimate of drug-likeness (QED) is 0.784. The summed E-state index contributed by atoms with van der Waals surface area (Å²) < 4.78 is 0. The molecule has 0 aromatic carbocycles. The first-order chi connectivity index (χ1) is 9.06. The zero-order chi connectivity index (χ0) is 13.8. The number of Topliss-reactive ketones (excluding diaryl/α,β-unsaturated/α-hetero) is 2. The van der Waals surface area contributed by atoms with Gasteiger partial charge in [0, 0.05) is 18.4 Å². The number of hydrogen-bond donors (Lipinski definition) is 0. The Kier molecular flexibility index (Phi) is 5.14. The average Bonchev–Trinajstić information content (AvgIpc) is 2.40. The van der Waals surface area contributed by atoms with Crippen LogP contribution in [0.2, 0.25) is 0 Å². The number of rotatable bonds is 4. The third-order valence-corrected chi connectivity index (χ3v) is 5.10. The highest BCUT2D eigenvalue weighted by molar-refractivity contribution is 5.78. The summed E-state index contributed by atoms with van der Waals surface area (Å²) >= 11 is 0. The van der Waals surface area contributed by atoms with Gasteiger partial charge >= 0.3 is 0 Å². The minimum atomic E-state index is 0.310. The van der Waals surface area contributed by atoms with Gasteiger partial charge in [-0.15, -0.1) is 0 Å². The molecule has 3 heteroatoms. The van der Waals surface area contributed by atoms with Crippen LogP contribution in [-0.4, -0.2) is 36.1 Å². The number of ketones is 2. The van der Waals surface area contributed by atoms with Crippen LogP contribution in [-0.2, 0) is 9.59 Å². The molecule has 1 saturated carbocycles. The van der Waals surface area contributed by atoms with E-state index in [1.54, 1.807) is 13.8 Å². The molecule has 1 aliphatic heterocycles. The third kappa shape index (κ3) is 4.13. The van der Waals surface area contributed by atoms with Crippen LogP contribution in [0.4, 0.5) is 0 Å². The summed E-state index contributed by atoms with van der Waals surface area (Å²) in [5.41, 5.74) is 0. The Morgan fingerprint density at radius 3 is 1.79 bits per heavy atom. The molecule has 0 radical (unpaired) electrons. The van der Waals surface area contributed by atoms with Crippen LogP contribution in [0.15, 0.2) is 0 Å². The number of hydrogen-bond acceptors (Lipinski definition) is 3. The van der Waals surface area contributed by atoms with E-state index in [9.17, 15) is 9.59 Å². The fourth-order valence-electron chi connectivity index (χ4n) is 3.64. The minimum Gasteiger partial charge on any atom is -0.303 e. The van der Waals surface area contributed by atoms with E-state index in [-0.39, 0.29) is 0 Å². The zero-order valence-corrected chi connectivity index (χ0v) is 12.4. The largest absolute Gasteiger partial charge is 0.303 e. The lowest BCUT2D eigenvalue weighted by Gasteiger charge is -2.35. The third-order valence-electron chi connectivity index (χ3n) is 5.10. The van der Waals surface area contributed by atoms with Gasteiger partial charge in [0.05, 0.1) is 0 Å². The molecule has 2 rings (SSSR count). The maximum atomic E-state index is 11.4. The molecule has 0 unspecified atom stereocenters. The summed E-state index contributed by atoms with van der Waals surface area (Å²) in [4.78, 5) is 25.2. The summed E-state index contributed by atoms with van der Waals surface area (Å²) in [6, 6.07) is 0. The fourth-order valence-corrected chi connectivity index (χ4v) is 3.64. The number of carbonyl (C=O) groups excluding carboxylic acids is 2. The molecule has 0 aromatic heterocycles. The average molecular weight is 265 g/mol.